The first-order chi connectivity index (χ1) is 9.21. The number of ketones is 1. The number of ether oxygens (including phenoxy) is 1. The number of carbonyl (C=O) groups excluding carboxylic acids is 3. The van der Waals surface area contributed by atoms with Crippen LogP contribution in [0.1, 0.15) is 54.2 Å². The molecular weight excluding hydrogens is 260 g/mol. The van der Waals surface area contributed by atoms with Crippen molar-refractivity contribution in [2.24, 2.45) is 0 Å². The van der Waals surface area contributed by atoms with Gasteiger partial charge in [0.25, 0.3) is 0 Å². The van der Waals surface area contributed by atoms with Crippen molar-refractivity contribution in [2.45, 2.75) is 39.8 Å². The van der Waals surface area contributed by atoms with E-state index < -0.39 is 11.7 Å². The fraction of sp³-hybridized carbons (Fsp3) is 0.429. The van der Waals surface area contributed by atoms with E-state index >= 15 is 0 Å². The van der Waals surface area contributed by atoms with Gasteiger partial charge in [0, 0.05) is 5.56 Å². The lowest BCUT2D eigenvalue weighted by molar-refractivity contribution is 0.0522. The minimum atomic E-state index is -0.591. The molecule has 0 aliphatic rings. The highest BCUT2D eigenvalue weighted by Gasteiger charge is 2.16. The highest BCUT2D eigenvalue weighted by Crippen LogP contribution is 2.08. The molecule has 0 saturated carbocycles. The summed E-state index contributed by atoms with van der Waals surface area (Å²) >= 11 is 0. The van der Waals surface area contributed by atoms with Crippen molar-refractivity contribution in [2.75, 3.05) is 0 Å². The van der Waals surface area contributed by atoms with E-state index in [0.29, 0.717) is 17.5 Å². The molecule has 0 unspecified atom stereocenters. The van der Waals surface area contributed by atoms with Crippen molar-refractivity contribution >= 4 is 18.2 Å². The number of nitrogens with zero attached hydrogens (tertiary/aromatic N) is 1. The van der Waals surface area contributed by atoms with Gasteiger partial charge in [-0.1, -0.05) is 0 Å². The molecule has 0 fully saturated rings. The van der Waals surface area contributed by atoms with Gasteiger partial charge >= 0.3 is 6.09 Å². The Morgan fingerprint density at radius 2 is 2.00 bits per heavy atom. The lowest BCUT2D eigenvalue weighted by Gasteiger charge is -2.19. The van der Waals surface area contributed by atoms with Gasteiger partial charge < -0.3 is 10.1 Å². The molecule has 0 atom stereocenters. The van der Waals surface area contributed by atoms with Gasteiger partial charge in [0.2, 0.25) is 0 Å². The summed E-state index contributed by atoms with van der Waals surface area (Å²) < 4.78 is 5.08. The van der Waals surface area contributed by atoms with Crippen LogP contribution in [-0.2, 0) is 11.3 Å². The summed E-state index contributed by atoms with van der Waals surface area (Å²) in [6, 6.07) is 2.94. The van der Waals surface area contributed by atoms with Gasteiger partial charge in [0.1, 0.15) is 11.3 Å². The summed E-state index contributed by atoms with van der Waals surface area (Å²) in [4.78, 5) is 37.6. The number of hydrogen-bond acceptors (Lipinski definition) is 5. The van der Waals surface area contributed by atoms with E-state index in [4.69, 9.17) is 4.74 Å². The molecule has 1 amide bonds. The van der Waals surface area contributed by atoms with Crippen LogP contribution in [0.15, 0.2) is 12.1 Å². The third-order valence-corrected chi connectivity index (χ3v) is 2.24. The van der Waals surface area contributed by atoms with E-state index in [-0.39, 0.29) is 18.0 Å². The molecule has 1 heterocycles. The Morgan fingerprint density at radius 1 is 1.35 bits per heavy atom. The number of pyridine rings is 1. The van der Waals surface area contributed by atoms with Gasteiger partial charge in [-0.3, -0.25) is 9.59 Å². The molecule has 108 valence electrons. The highest BCUT2D eigenvalue weighted by atomic mass is 16.6. The Labute approximate surface area is 117 Å². The molecule has 0 bridgehead atoms. The maximum absolute atomic E-state index is 11.5. The molecule has 1 aromatic heterocycles. The molecule has 1 rings (SSSR count). The number of amides is 1. The van der Waals surface area contributed by atoms with Crippen LogP contribution in [0, 0.1) is 0 Å². The van der Waals surface area contributed by atoms with Crippen LogP contribution >= 0.6 is 0 Å². The van der Waals surface area contributed by atoms with E-state index in [1.807, 2.05) is 0 Å². The molecule has 0 saturated heterocycles. The summed E-state index contributed by atoms with van der Waals surface area (Å²) in [7, 11) is 0. The van der Waals surface area contributed by atoms with Gasteiger partial charge in [0.15, 0.2) is 12.1 Å². The quantitative estimate of drug-likeness (QED) is 0.673. The summed E-state index contributed by atoms with van der Waals surface area (Å²) in [6.07, 6.45) is -0.0242. The minimum Gasteiger partial charge on any atom is -0.444 e. The standard InChI is InChI=1S/C14H18N2O4/c1-9(18)10-5-11(16-12(6-10)8-17)7-15-13(19)20-14(2,3)4/h5-6,8H,7H2,1-4H3,(H,15,19). The molecule has 0 radical (unpaired) electrons. The number of alkyl carbamates (subject to hydrolysis) is 1. The number of rotatable bonds is 4. The summed E-state index contributed by atoms with van der Waals surface area (Å²) in [5.41, 5.74) is 0.361. The predicted molar refractivity (Wildman–Crippen MR) is 72.7 cm³/mol. The summed E-state index contributed by atoms with van der Waals surface area (Å²) in [5.74, 6) is -0.172. The van der Waals surface area contributed by atoms with Crippen molar-refractivity contribution in [3.05, 3.63) is 29.1 Å². The van der Waals surface area contributed by atoms with E-state index in [1.54, 1.807) is 20.8 Å². The van der Waals surface area contributed by atoms with E-state index in [2.05, 4.69) is 10.3 Å². The first-order valence-electron chi connectivity index (χ1n) is 6.15. The normalized spacial score (nSPS) is 10.8. The number of aldehydes is 1. The first kappa shape index (κ1) is 15.8. The maximum Gasteiger partial charge on any atom is 0.407 e. The SMILES string of the molecule is CC(=O)c1cc(C=O)nc(CNC(=O)OC(C)(C)C)c1. The number of hydrogen-bond donors (Lipinski definition) is 1. The Balaban J connectivity index is 2.77. The Morgan fingerprint density at radius 3 is 2.50 bits per heavy atom. The third kappa shape index (κ3) is 5.17. The van der Waals surface area contributed by atoms with Crippen molar-refractivity contribution in [3.63, 3.8) is 0 Å². The molecule has 0 spiro atoms. The smallest absolute Gasteiger partial charge is 0.407 e. The molecule has 1 N–H and O–H groups in total. The summed E-state index contributed by atoms with van der Waals surface area (Å²) in [6.45, 7) is 6.74. The Hall–Kier alpha value is -2.24. The fourth-order valence-electron chi connectivity index (χ4n) is 1.44. The zero-order chi connectivity index (χ0) is 15.3. The number of nitrogens with one attached hydrogen (secondary N) is 1. The zero-order valence-corrected chi connectivity index (χ0v) is 12.0. The monoisotopic (exact) mass is 278 g/mol. The molecule has 20 heavy (non-hydrogen) atoms. The van der Waals surface area contributed by atoms with Gasteiger partial charge in [-0.05, 0) is 39.8 Å². The van der Waals surface area contributed by atoms with Crippen molar-refractivity contribution in [1.29, 1.82) is 0 Å². The Kier molecular flexibility index (Phi) is 4.96. The van der Waals surface area contributed by atoms with Crippen molar-refractivity contribution in [1.82, 2.24) is 10.3 Å². The molecular formula is C14H18N2O4. The maximum atomic E-state index is 11.5. The third-order valence-electron chi connectivity index (χ3n) is 2.24. The van der Waals surface area contributed by atoms with Gasteiger partial charge in [-0.2, -0.15) is 0 Å². The Bertz CT molecular complexity index is 532. The molecule has 0 aliphatic heterocycles. The van der Waals surface area contributed by atoms with Crippen LogP contribution in [0.5, 0.6) is 0 Å². The van der Waals surface area contributed by atoms with Gasteiger partial charge in [-0.25, -0.2) is 9.78 Å². The summed E-state index contributed by atoms with van der Waals surface area (Å²) in [5, 5.41) is 2.52. The minimum absolute atomic E-state index is 0.0802. The first-order valence-corrected chi connectivity index (χ1v) is 6.15. The largest absolute Gasteiger partial charge is 0.444 e. The number of Topliss-reactive ketones (excluding diaryl/α,β-unsaturated/α-hetero) is 1. The molecule has 6 nitrogen and oxygen atoms in total. The van der Waals surface area contributed by atoms with E-state index in [0.717, 1.165) is 0 Å². The van der Waals surface area contributed by atoms with Crippen LogP contribution < -0.4 is 5.32 Å². The van der Waals surface area contributed by atoms with Gasteiger partial charge in [0.05, 0.1) is 12.2 Å². The van der Waals surface area contributed by atoms with E-state index in [1.165, 1.54) is 19.1 Å². The number of aromatic nitrogens is 1. The second-order valence-electron chi connectivity index (χ2n) is 5.30. The molecule has 0 aromatic carbocycles. The average molecular weight is 278 g/mol. The van der Waals surface area contributed by atoms with Crippen LogP contribution in [0.4, 0.5) is 4.79 Å². The molecule has 0 aliphatic carbocycles. The number of carbonyl (C=O) groups is 3. The zero-order valence-electron chi connectivity index (χ0n) is 12.0. The van der Waals surface area contributed by atoms with E-state index in [9.17, 15) is 14.4 Å². The van der Waals surface area contributed by atoms with Gasteiger partial charge in [-0.15, -0.1) is 0 Å². The van der Waals surface area contributed by atoms with Crippen LogP contribution in [0.25, 0.3) is 0 Å². The molecule has 1 aromatic rings. The lowest BCUT2D eigenvalue weighted by Crippen LogP contribution is -2.32. The lowest BCUT2D eigenvalue weighted by atomic mass is 10.1. The second-order valence-corrected chi connectivity index (χ2v) is 5.30. The van der Waals surface area contributed by atoms with Crippen LogP contribution in [-0.4, -0.2) is 28.7 Å². The van der Waals surface area contributed by atoms with Crippen LogP contribution in [0.2, 0.25) is 0 Å². The highest BCUT2D eigenvalue weighted by molar-refractivity contribution is 5.95. The topological polar surface area (TPSA) is 85.4 Å². The fourth-order valence-corrected chi connectivity index (χ4v) is 1.44. The van der Waals surface area contributed by atoms with Crippen LogP contribution in [0.3, 0.4) is 0 Å². The molecule has 6 heteroatoms. The average Bonchev–Trinajstić information content (AvgIpc) is 2.33. The van der Waals surface area contributed by atoms with Crippen molar-refractivity contribution in [3.8, 4) is 0 Å². The van der Waals surface area contributed by atoms with Crippen molar-refractivity contribution < 1.29 is 19.1 Å². The predicted octanol–water partition coefficient (Wildman–Crippen LogP) is 2.12. The second kappa shape index (κ2) is 6.27.